The largest absolute Gasteiger partial charge is 0.351 e. The van der Waals surface area contributed by atoms with E-state index in [1.165, 1.54) is 12.1 Å². The van der Waals surface area contributed by atoms with Crippen LogP contribution < -0.4 is 5.32 Å². The van der Waals surface area contributed by atoms with Gasteiger partial charge in [-0.1, -0.05) is 36.8 Å². The standard InChI is InChI=1S/C18H20FNO/c1-3-14(15-8-10-17(19)11-9-15)12-20-18(21)16-6-4-13(2)5-7-16/h4-11,14H,3,12H2,1-2H3,(H,20,21). The fourth-order valence-electron chi connectivity index (χ4n) is 2.26. The Hall–Kier alpha value is -2.16. The molecule has 0 fully saturated rings. The smallest absolute Gasteiger partial charge is 0.251 e. The lowest BCUT2D eigenvalue weighted by Crippen LogP contribution is -2.28. The predicted molar refractivity (Wildman–Crippen MR) is 82.9 cm³/mol. The maximum atomic E-state index is 13.0. The lowest BCUT2D eigenvalue weighted by Gasteiger charge is -2.16. The summed E-state index contributed by atoms with van der Waals surface area (Å²) in [5, 5.41) is 2.95. The monoisotopic (exact) mass is 285 g/mol. The van der Waals surface area contributed by atoms with Crippen LogP contribution in [0.2, 0.25) is 0 Å². The van der Waals surface area contributed by atoms with Gasteiger partial charge in [-0.2, -0.15) is 0 Å². The van der Waals surface area contributed by atoms with Gasteiger partial charge in [0.1, 0.15) is 5.82 Å². The van der Waals surface area contributed by atoms with E-state index in [1.54, 1.807) is 12.1 Å². The second kappa shape index (κ2) is 7.02. The predicted octanol–water partition coefficient (Wildman–Crippen LogP) is 4.06. The van der Waals surface area contributed by atoms with E-state index < -0.39 is 0 Å². The molecule has 0 aliphatic heterocycles. The Morgan fingerprint density at radius 1 is 1.10 bits per heavy atom. The van der Waals surface area contributed by atoms with E-state index in [2.05, 4.69) is 12.2 Å². The SMILES string of the molecule is CCC(CNC(=O)c1ccc(C)cc1)c1ccc(F)cc1. The number of amides is 1. The first kappa shape index (κ1) is 15.2. The Balaban J connectivity index is 1.98. The molecule has 21 heavy (non-hydrogen) atoms. The molecule has 0 aromatic heterocycles. The highest BCUT2D eigenvalue weighted by Crippen LogP contribution is 2.19. The highest BCUT2D eigenvalue weighted by atomic mass is 19.1. The topological polar surface area (TPSA) is 29.1 Å². The molecule has 1 atom stereocenters. The number of nitrogens with one attached hydrogen (secondary N) is 1. The number of benzene rings is 2. The average Bonchev–Trinajstić information content (AvgIpc) is 2.50. The number of rotatable bonds is 5. The number of carbonyl (C=O) groups is 1. The first-order chi connectivity index (χ1) is 10.1. The number of aryl methyl sites for hydroxylation is 1. The van der Waals surface area contributed by atoms with Crippen LogP contribution in [0.5, 0.6) is 0 Å². The van der Waals surface area contributed by atoms with Gasteiger partial charge in [0, 0.05) is 18.0 Å². The quantitative estimate of drug-likeness (QED) is 0.882. The minimum atomic E-state index is -0.239. The summed E-state index contributed by atoms with van der Waals surface area (Å²) in [7, 11) is 0. The summed E-state index contributed by atoms with van der Waals surface area (Å²) < 4.78 is 13.0. The molecule has 1 amide bonds. The lowest BCUT2D eigenvalue weighted by molar-refractivity contribution is 0.0951. The van der Waals surface area contributed by atoms with Crippen molar-refractivity contribution in [3.63, 3.8) is 0 Å². The summed E-state index contributed by atoms with van der Waals surface area (Å²) >= 11 is 0. The van der Waals surface area contributed by atoms with Gasteiger partial charge in [-0.25, -0.2) is 4.39 Å². The molecule has 2 aromatic carbocycles. The van der Waals surface area contributed by atoms with Gasteiger partial charge in [0.25, 0.3) is 5.91 Å². The number of hydrogen-bond donors (Lipinski definition) is 1. The molecule has 1 N–H and O–H groups in total. The third-order valence-electron chi connectivity index (χ3n) is 3.66. The van der Waals surface area contributed by atoms with E-state index >= 15 is 0 Å². The zero-order valence-electron chi connectivity index (χ0n) is 12.4. The summed E-state index contributed by atoms with van der Waals surface area (Å²) in [4.78, 5) is 12.1. The third kappa shape index (κ3) is 4.15. The zero-order valence-corrected chi connectivity index (χ0v) is 12.4. The zero-order chi connectivity index (χ0) is 15.2. The van der Waals surface area contributed by atoms with Crippen molar-refractivity contribution in [1.29, 1.82) is 0 Å². The molecule has 2 nitrogen and oxygen atoms in total. The molecule has 3 heteroatoms. The summed E-state index contributed by atoms with van der Waals surface area (Å²) in [6.07, 6.45) is 0.889. The van der Waals surface area contributed by atoms with E-state index in [4.69, 9.17) is 0 Å². The van der Waals surface area contributed by atoms with Gasteiger partial charge in [0.05, 0.1) is 0 Å². The fourth-order valence-corrected chi connectivity index (χ4v) is 2.26. The van der Waals surface area contributed by atoms with Gasteiger partial charge in [0.2, 0.25) is 0 Å². The molecule has 110 valence electrons. The van der Waals surface area contributed by atoms with Crippen LogP contribution in [0.25, 0.3) is 0 Å². The molecule has 0 saturated carbocycles. The van der Waals surface area contributed by atoms with Crippen molar-refractivity contribution in [2.75, 3.05) is 6.54 Å². The first-order valence-corrected chi connectivity index (χ1v) is 7.20. The fraction of sp³-hybridized carbons (Fsp3) is 0.278. The maximum absolute atomic E-state index is 13.0. The van der Waals surface area contributed by atoms with Gasteiger partial charge in [-0.05, 0) is 43.2 Å². The molecule has 2 aromatic rings. The van der Waals surface area contributed by atoms with E-state index in [-0.39, 0.29) is 17.6 Å². The van der Waals surface area contributed by atoms with Gasteiger partial charge < -0.3 is 5.32 Å². The van der Waals surface area contributed by atoms with Gasteiger partial charge >= 0.3 is 0 Å². The molecule has 0 spiro atoms. The van der Waals surface area contributed by atoms with Crippen LogP contribution in [-0.4, -0.2) is 12.5 Å². The van der Waals surface area contributed by atoms with Gasteiger partial charge in [-0.15, -0.1) is 0 Å². The molecule has 0 aliphatic rings. The average molecular weight is 285 g/mol. The van der Waals surface area contributed by atoms with Crippen LogP contribution in [0.15, 0.2) is 48.5 Å². The summed E-state index contributed by atoms with van der Waals surface area (Å²) in [6.45, 7) is 4.60. The van der Waals surface area contributed by atoms with E-state index in [0.717, 1.165) is 17.5 Å². The highest BCUT2D eigenvalue weighted by molar-refractivity contribution is 5.94. The van der Waals surface area contributed by atoms with Crippen molar-refractivity contribution in [2.45, 2.75) is 26.2 Å². The molecule has 0 heterocycles. The molecule has 2 rings (SSSR count). The lowest BCUT2D eigenvalue weighted by atomic mass is 9.96. The number of carbonyl (C=O) groups excluding carboxylic acids is 1. The second-order valence-electron chi connectivity index (χ2n) is 5.23. The van der Waals surface area contributed by atoms with Crippen molar-refractivity contribution in [3.8, 4) is 0 Å². The highest BCUT2D eigenvalue weighted by Gasteiger charge is 2.12. The Bertz CT molecular complexity index is 590. The Kier molecular flexibility index (Phi) is 5.09. The van der Waals surface area contributed by atoms with Crippen LogP contribution in [0, 0.1) is 12.7 Å². The van der Waals surface area contributed by atoms with E-state index in [1.807, 2.05) is 31.2 Å². The van der Waals surface area contributed by atoms with Crippen LogP contribution in [0.3, 0.4) is 0 Å². The molecule has 0 aliphatic carbocycles. The Morgan fingerprint density at radius 2 is 1.71 bits per heavy atom. The molecule has 0 bridgehead atoms. The molecule has 0 saturated heterocycles. The minimum Gasteiger partial charge on any atom is -0.351 e. The third-order valence-corrected chi connectivity index (χ3v) is 3.66. The minimum absolute atomic E-state index is 0.0736. The van der Waals surface area contributed by atoms with Crippen molar-refractivity contribution in [2.24, 2.45) is 0 Å². The Labute approximate surface area is 125 Å². The van der Waals surface area contributed by atoms with Crippen LogP contribution in [0.4, 0.5) is 4.39 Å². The van der Waals surface area contributed by atoms with Gasteiger partial charge in [-0.3, -0.25) is 4.79 Å². The summed E-state index contributed by atoms with van der Waals surface area (Å²) in [6, 6.07) is 14.0. The van der Waals surface area contributed by atoms with Crippen LogP contribution in [-0.2, 0) is 0 Å². The van der Waals surface area contributed by atoms with Crippen molar-refractivity contribution in [3.05, 3.63) is 71.0 Å². The second-order valence-corrected chi connectivity index (χ2v) is 5.23. The molecular weight excluding hydrogens is 265 g/mol. The molecular formula is C18H20FNO. The van der Waals surface area contributed by atoms with Crippen LogP contribution in [0.1, 0.15) is 40.7 Å². The van der Waals surface area contributed by atoms with Crippen molar-refractivity contribution >= 4 is 5.91 Å². The molecule has 0 radical (unpaired) electrons. The normalized spacial score (nSPS) is 12.0. The van der Waals surface area contributed by atoms with Gasteiger partial charge in [0.15, 0.2) is 0 Å². The number of hydrogen-bond acceptors (Lipinski definition) is 1. The first-order valence-electron chi connectivity index (χ1n) is 7.20. The maximum Gasteiger partial charge on any atom is 0.251 e. The van der Waals surface area contributed by atoms with Crippen molar-refractivity contribution < 1.29 is 9.18 Å². The summed E-state index contributed by atoms with van der Waals surface area (Å²) in [5.74, 6) is -0.118. The van der Waals surface area contributed by atoms with E-state index in [0.29, 0.717) is 12.1 Å². The van der Waals surface area contributed by atoms with Crippen LogP contribution >= 0.6 is 0 Å². The summed E-state index contributed by atoms with van der Waals surface area (Å²) in [5.41, 5.74) is 2.84. The van der Waals surface area contributed by atoms with E-state index in [9.17, 15) is 9.18 Å². The Morgan fingerprint density at radius 3 is 2.29 bits per heavy atom. The van der Waals surface area contributed by atoms with Crippen molar-refractivity contribution in [1.82, 2.24) is 5.32 Å². The molecule has 1 unspecified atom stereocenters. The number of halogens is 1.